The molecule has 0 bridgehead atoms. The Morgan fingerprint density at radius 3 is 2.51 bits per heavy atom. The Morgan fingerprint density at radius 1 is 1.05 bits per heavy atom. The van der Waals surface area contributed by atoms with Gasteiger partial charge in [0.25, 0.3) is 0 Å². The van der Waals surface area contributed by atoms with Crippen LogP contribution >= 0.6 is 23.8 Å². The fourth-order valence-electron chi connectivity index (χ4n) is 5.33. The van der Waals surface area contributed by atoms with Gasteiger partial charge < -0.3 is 24.6 Å². The second-order valence-corrected chi connectivity index (χ2v) is 10.8. The minimum absolute atomic E-state index is 0.114. The van der Waals surface area contributed by atoms with Crippen molar-refractivity contribution in [2.45, 2.75) is 38.4 Å². The summed E-state index contributed by atoms with van der Waals surface area (Å²) in [5, 5.41) is 4.76. The molecule has 0 radical (unpaired) electrons. The van der Waals surface area contributed by atoms with Crippen LogP contribution in [0, 0.1) is 0 Å². The summed E-state index contributed by atoms with van der Waals surface area (Å²) < 4.78 is 11.2. The zero-order valence-electron chi connectivity index (χ0n) is 21.9. The summed E-state index contributed by atoms with van der Waals surface area (Å²) >= 11 is 13.0. The van der Waals surface area contributed by atoms with E-state index in [4.69, 9.17) is 33.3 Å². The normalized spacial score (nSPS) is 20.3. The molecule has 2 aliphatic rings. The number of fused-ring (bicyclic) bond motifs is 1. The number of nitrogens with one attached hydrogen (secondary N) is 1. The molecule has 3 aromatic rings. The lowest BCUT2D eigenvalue weighted by atomic mass is 9.86. The molecular weight excluding hydrogens is 504 g/mol. The van der Waals surface area contributed by atoms with Crippen molar-refractivity contribution in [2.75, 3.05) is 31.1 Å². The fourth-order valence-corrected chi connectivity index (χ4v) is 5.94. The van der Waals surface area contributed by atoms with E-state index in [1.807, 2.05) is 36.4 Å². The Morgan fingerprint density at radius 2 is 1.84 bits per heavy atom. The van der Waals surface area contributed by atoms with Gasteiger partial charge in [0, 0.05) is 35.6 Å². The van der Waals surface area contributed by atoms with Crippen LogP contribution in [0.4, 0.5) is 11.4 Å². The van der Waals surface area contributed by atoms with Crippen molar-refractivity contribution in [2.24, 2.45) is 0 Å². The first kappa shape index (κ1) is 25.4. The van der Waals surface area contributed by atoms with Crippen molar-refractivity contribution in [1.29, 1.82) is 0 Å². The smallest absolute Gasteiger partial charge is 0.174 e. The van der Waals surface area contributed by atoms with Gasteiger partial charge in [-0.1, -0.05) is 23.7 Å². The van der Waals surface area contributed by atoms with Gasteiger partial charge >= 0.3 is 0 Å². The standard InChI is InChI=1S/C29H31ClN4O2S/c1-17-16-29(2,3)33(4)24-15-21(30)20(14-19(17)24)27-26(22-9-7-8-12-31-22)32-28(37)34(27)23-11-10-18(35-5)13-25(23)36-6/h7-16,26-27H,1-6H3,(H,32,37)/t26-,27+/m1/s1. The highest BCUT2D eigenvalue weighted by Crippen LogP contribution is 2.49. The number of ether oxygens (including phenoxy) is 2. The Kier molecular flexibility index (Phi) is 6.54. The molecule has 6 nitrogen and oxygen atoms in total. The third-order valence-corrected chi connectivity index (χ3v) is 8.04. The molecule has 0 amide bonds. The van der Waals surface area contributed by atoms with Crippen LogP contribution in [0.5, 0.6) is 11.5 Å². The van der Waals surface area contributed by atoms with Gasteiger partial charge in [0.15, 0.2) is 5.11 Å². The molecule has 1 fully saturated rings. The molecule has 0 saturated carbocycles. The zero-order valence-corrected chi connectivity index (χ0v) is 23.4. The average molecular weight is 535 g/mol. The molecule has 2 aliphatic heterocycles. The van der Waals surface area contributed by atoms with Crippen LogP contribution in [0.1, 0.15) is 49.7 Å². The fraction of sp³-hybridized carbons (Fsp3) is 0.310. The van der Waals surface area contributed by atoms with Crippen LogP contribution in [0.15, 0.2) is 60.8 Å². The van der Waals surface area contributed by atoms with Gasteiger partial charge in [0.05, 0.1) is 43.2 Å². The van der Waals surface area contributed by atoms with Crippen molar-refractivity contribution in [1.82, 2.24) is 10.3 Å². The number of pyridine rings is 1. The predicted molar refractivity (Wildman–Crippen MR) is 155 cm³/mol. The molecule has 37 heavy (non-hydrogen) atoms. The third kappa shape index (κ3) is 4.30. The number of hydrogen-bond acceptors (Lipinski definition) is 5. The first-order valence-corrected chi connectivity index (χ1v) is 12.9. The Labute approximate surface area is 228 Å². The van der Waals surface area contributed by atoms with Gasteiger partial charge in [0.1, 0.15) is 11.5 Å². The number of benzene rings is 2. The van der Waals surface area contributed by atoms with Gasteiger partial charge in [0.2, 0.25) is 0 Å². The molecule has 3 heterocycles. The second kappa shape index (κ2) is 9.54. The molecule has 0 unspecified atom stereocenters. The molecule has 0 aliphatic carbocycles. The van der Waals surface area contributed by atoms with E-state index in [-0.39, 0.29) is 17.6 Å². The van der Waals surface area contributed by atoms with Gasteiger partial charge in [-0.05, 0) is 80.5 Å². The van der Waals surface area contributed by atoms with Crippen molar-refractivity contribution in [3.05, 3.63) is 82.6 Å². The highest BCUT2D eigenvalue weighted by Gasteiger charge is 2.43. The average Bonchev–Trinajstić information content (AvgIpc) is 3.23. The Balaban J connectivity index is 1.72. The quantitative estimate of drug-likeness (QED) is 0.372. The SMILES string of the molecule is COc1ccc(N2C(=S)N[C@H](c3ccccn3)[C@@H]2c2cc3c(cc2Cl)N(C)C(C)(C)C=C3C)c(OC)c1. The summed E-state index contributed by atoms with van der Waals surface area (Å²) in [6.07, 6.45) is 4.09. The number of nitrogens with zero attached hydrogens (tertiary/aromatic N) is 3. The number of halogens is 1. The van der Waals surface area contributed by atoms with Crippen LogP contribution in [0.2, 0.25) is 5.02 Å². The van der Waals surface area contributed by atoms with E-state index < -0.39 is 0 Å². The topological polar surface area (TPSA) is 49.9 Å². The predicted octanol–water partition coefficient (Wildman–Crippen LogP) is 6.56. The van der Waals surface area contributed by atoms with E-state index >= 15 is 0 Å². The number of thiocarbonyl (C=S) groups is 1. The Bertz CT molecular complexity index is 1390. The van der Waals surface area contributed by atoms with Crippen LogP contribution < -0.4 is 24.6 Å². The van der Waals surface area contributed by atoms with E-state index in [0.717, 1.165) is 28.2 Å². The Hall–Kier alpha value is -3.29. The van der Waals surface area contributed by atoms with E-state index in [1.165, 1.54) is 5.57 Å². The van der Waals surface area contributed by atoms with Crippen molar-refractivity contribution >= 4 is 45.9 Å². The van der Waals surface area contributed by atoms with Crippen molar-refractivity contribution in [3.8, 4) is 11.5 Å². The monoisotopic (exact) mass is 534 g/mol. The van der Waals surface area contributed by atoms with Gasteiger partial charge in [-0.25, -0.2) is 0 Å². The summed E-state index contributed by atoms with van der Waals surface area (Å²) in [7, 11) is 5.39. The summed E-state index contributed by atoms with van der Waals surface area (Å²) in [5.74, 6) is 1.36. The maximum atomic E-state index is 7.11. The highest BCUT2D eigenvalue weighted by molar-refractivity contribution is 7.80. The summed E-state index contributed by atoms with van der Waals surface area (Å²) in [5.41, 5.74) is 6.02. The largest absolute Gasteiger partial charge is 0.497 e. The first-order valence-electron chi connectivity index (χ1n) is 12.2. The van der Waals surface area contributed by atoms with Crippen molar-refractivity contribution < 1.29 is 9.47 Å². The minimum Gasteiger partial charge on any atom is -0.497 e. The van der Waals surface area contributed by atoms with E-state index in [1.54, 1.807) is 20.4 Å². The number of hydrogen-bond donors (Lipinski definition) is 1. The number of allylic oxidation sites excluding steroid dienone is 1. The molecule has 5 rings (SSSR count). The molecule has 1 saturated heterocycles. The van der Waals surface area contributed by atoms with Crippen LogP contribution in [0.25, 0.3) is 5.57 Å². The zero-order chi connectivity index (χ0) is 26.5. The molecule has 2 aromatic carbocycles. The van der Waals surface area contributed by atoms with Gasteiger partial charge in [-0.2, -0.15) is 0 Å². The second-order valence-electron chi connectivity index (χ2n) is 9.97. The highest BCUT2D eigenvalue weighted by atomic mass is 35.5. The van der Waals surface area contributed by atoms with Gasteiger partial charge in [-0.15, -0.1) is 0 Å². The molecule has 2 atom stereocenters. The number of methoxy groups -OCH3 is 2. The first-order chi connectivity index (χ1) is 17.7. The van der Waals surface area contributed by atoms with Crippen LogP contribution in [-0.4, -0.2) is 36.9 Å². The molecule has 8 heteroatoms. The lowest BCUT2D eigenvalue weighted by molar-refractivity contribution is 0.394. The lowest BCUT2D eigenvalue weighted by Gasteiger charge is -2.41. The van der Waals surface area contributed by atoms with Gasteiger partial charge in [-0.3, -0.25) is 4.98 Å². The number of anilines is 2. The molecule has 1 N–H and O–H groups in total. The summed E-state index contributed by atoms with van der Waals surface area (Å²) in [4.78, 5) is 9.02. The summed E-state index contributed by atoms with van der Waals surface area (Å²) in [6, 6.07) is 15.4. The van der Waals surface area contributed by atoms with Crippen molar-refractivity contribution in [3.63, 3.8) is 0 Å². The lowest BCUT2D eigenvalue weighted by Crippen LogP contribution is -2.42. The number of aromatic nitrogens is 1. The molecule has 1 aromatic heterocycles. The molecule has 0 spiro atoms. The maximum Gasteiger partial charge on any atom is 0.174 e. The third-order valence-electron chi connectivity index (χ3n) is 7.40. The minimum atomic E-state index is -0.268. The molecule has 192 valence electrons. The number of rotatable bonds is 5. The van der Waals surface area contributed by atoms with Crippen LogP contribution in [0.3, 0.4) is 0 Å². The maximum absolute atomic E-state index is 7.11. The van der Waals surface area contributed by atoms with Crippen LogP contribution in [-0.2, 0) is 0 Å². The van der Waals surface area contributed by atoms with E-state index in [0.29, 0.717) is 21.6 Å². The van der Waals surface area contributed by atoms with E-state index in [2.05, 4.69) is 66.1 Å². The molecular formula is C29H31ClN4O2S. The number of likely N-dealkylation sites (N-methyl/N-ethyl adjacent to an activating group) is 1. The summed E-state index contributed by atoms with van der Waals surface area (Å²) in [6.45, 7) is 6.56. The van der Waals surface area contributed by atoms with E-state index in [9.17, 15) is 0 Å².